The summed E-state index contributed by atoms with van der Waals surface area (Å²) in [5.74, 6) is 0.149. The summed E-state index contributed by atoms with van der Waals surface area (Å²) in [6.07, 6.45) is 0.735. The van der Waals surface area contributed by atoms with Crippen LogP contribution in [0.25, 0.3) is 11.0 Å². The van der Waals surface area contributed by atoms with E-state index in [1.165, 1.54) is 6.07 Å². The molecule has 6 heteroatoms. The van der Waals surface area contributed by atoms with E-state index in [2.05, 4.69) is 0 Å². The van der Waals surface area contributed by atoms with Crippen molar-refractivity contribution in [1.82, 2.24) is 4.90 Å². The minimum absolute atomic E-state index is 0.0176. The lowest BCUT2D eigenvalue weighted by molar-refractivity contribution is 0.0728. The van der Waals surface area contributed by atoms with Crippen LogP contribution in [0.3, 0.4) is 0 Å². The molecule has 0 saturated heterocycles. The van der Waals surface area contributed by atoms with Crippen molar-refractivity contribution < 1.29 is 19.1 Å². The molecular formula is C24H25NO5. The van der Waals surface area contributed by atoms with Crippen molar-refractivity contribution in [2.24, 2.45) is 0 Å². The molecule has 2 heterocycles. The summed E-state index contributed by atoms with van der Waals surface area (Å²) < 4.78 is 11.5. The van der Waals surface area contributed by atoms with Crippen LogP contribution >= 0.6 is 0 Å². The Kier molecular flexibility index (Phi) is 5.02. The van der Waals surface area contributed by atoms with E-state index in [9.17, 15) is 14.7 Å². The molecule has 6 nitrogen and oxygen atoms in total. The van der Waals surface area contributed by atoms with E-state index in [0.29, 0.717) is 41.0 Å². The van der Waals surface area contributed by atoms with Gasteiger partial charge in [0, 0.05) is 6.54 Å². The fraction of sp³-hybridized carbons (Fsp3) is 0.333. The van der Waals surface area contributed by atoms with Gasteiger partial charge in [-0.15, -0.1) is 0 Å². The lowest BCUT2D eigenvalue weighted by Gasteiger charge is -2.25. The van der Waals surface area contributed by atoms with Crippen molar-refractivity contribution in [1.29, 1.82) is 0 Å². The first-order chi connectivity index (χ1) is 14.4. The van der Waals surface area contributed by atoms with Gasteiger partial charge >= 0.3 is 0 Å². The van der Waals surface area contributed by atoms with Crippen molar-refractivity contribution in [2.45, 2.75) is 40.2 Å². The Bertz CT molecular complexity index is 1210. The molecule has 1 aliphatic rings. The topological polar surface area (TPSA) is 80.0 Å². The maximum atomic E-state index is 13.6. The van der Waals surface area contributed by atoms with Gasteiger partial charge in [-0.25, -0.2) is 0 Å². The van der Waals surface area contributed by atoms with Gasteiger partial charge in [-0.05, 0) is 62.1 Å². The number of benzene rings is 2. The van der Waals surface area contributed by atoms with Crippen LogP contribution in [-0.4, -0.2) is 29.1 Å². The van der Waals surface area contributed by atoms with Gasteiger partial charge in [-0.3, -0.25) is 9.59 Å². The Labute approximate surface area is 174 Å². The minimum atomic E-state index is -0.589. The van der Waals surface area contributed by atoms with Gasteiger partial charge < -0.3 is 19.2 Å². The van der Waals surface area contributed by atoms with Crippen molar-refractivity contribution in [3.63, 3.8) is 0 Å². The highest BCUT2D eigenvalue weighted by Gasteiger charge is 2.42. The van der Waals surface area contributed by atoms with Crippen LogP contribution in [0, 0.1) is 13.8 Å². The van der Waals surface area contributed by atoms with Crippen LogP contribution in [0.2, 0.25) is 0 Å². The zero-order valence-electron chi connectivity index (χ0n) is 17.6. The number of hydrogen-bond donors (Lipinski definition) is 1. The van der Waals surface area contributed by atoms with Gasteiger partial charge in [-0.1, -0.05) is 19.1 Å². The second-order valence-electron chi connectivity index (χ2n) is 7.69. The number of carbonyl (C=O) groups is 1. The molecule has 30 heavy (non-hydrogen) atoms. The van der Waals surface area contributed by atoms with Crippen LogP contribution in [0.1, 0.15) is 59.1 Å². The lowest BCUT2D eigenvalue weighted by atomic mass is 9.96. The number of aryl methyl sites for hydroxylation is 2. The number of amides is 1. The standard InChI is InChI=1S/C24H25NO5/c1-5-9-25-21(15-7-8-16(26)17(12-15)29-6-2)20-22(27)19-14(4)10-13(3)11-18(19)30-23(20)24(25)28/h7-8,10-12,21,26H,5-6,9H2,1-4H3. The summed E-state index contributed by atoms with van der Waals surface area (Å²) in [6.45, 7) is 8.49. The molecule has 1 aromatic heterocycles. The van der Waals surface area contributed by atoms with E-state index >= 15 is 0 Å². The van der Waals surface area contributed by atoms with Crippen molar-refractivity contribution in [2.75, 3.05) is 13.2 Å². The average molecular weight is 407 g/mol. The normalized spacial score (nSPS) is 15.7. The number of fused-ring (bicyclic) bond motifs is 2. The fourth-order valence-corrected chi connectivity index (χ4v) is 4.30. The Morgan fingerprint density at radius 1 is 1.13 bits per heavy atom. The second-order valence-corrected chi connectivity index (χ2v) is 7.69. The molecule has 156 valence electrons. The molecule has 0 fully saturated rings. The third-order valence-corrected chi connectivity index (χ3v) is 5.48. The third kappa shape index (κ3) is 3.03. The van der Waals surface area contributed by atoms with Crippen molar-refractivity contribution in [3.8, 4) is 11.5 Å². The van der Waals surface area contributed by atoms with Crippen molar-refractivity contribution >= 4 is 16.9 Å². The smallest absolute Gasteiger partial charge is 0.290 e. The Balaban J connectivity index is 2.00. The molecule has 0 bridgehead atoms. The van der Waals surface area contributed by atoms with Gasteiger partial charge in [0.1, 0.15) is 5.58 Å². The molecule has 0 saturated carbocycles. The van der Waals surface area contributed by atoms with Crippen LogP contribution in [-0.2, 0) is 0 Å². The monoisotopic (exact) mass is 407 g/mol. The summed E-state index contributed by atoms with van der Waals surface area (Å²) in [5.41, 5.74) is 3.08. The Morgan fingerprint density at radius 2 is 1.90 bits per heavy atom. The predicted molar refractivity (Wildman–Crippen MR) is 114 cm³/mol. The quantitative estimate of drug-likeness (QED) is 0.675. The summed E-state index contributed by atoms with van der Waals surface area (Å²) in [4.78, 5) is 28.5. The molecular weight excluding hydrogens is 382 g/mol. The minimum Gasteiger partial charge on any atom is -0.504 e. The molecule has 1 unspecified atom stereocenters. The molecule has 3 aromatic rings. The number of carbonyl (C=O) groups excluding carboxylic acids is 1. The SMILES string of the molecule is CCCN1C(=O)c2oc3cc(C)cc(C)c3c(=O)c2C1c1ccc(O)c(OCC)c1. The number of phenols is 1. The summed E-state index contributed by atoms with van der Waals surface area (Å²) >= 11 is 0. The highest BCUT2D eigenvalue weighted by Crippen LogP contribution is 2.41. The van der Waals surface area contributed by atoms with Gasteiger partial charge in [0.15, 0.2) is 16.9 Å². The summed E-state index contributed by atoms with van der Waals surface area (Å²) in [5, 5.41) is 10.6. The lowest BCUT2D eigenvalue weighted by Crippen LogP contribution is -2.30. The predicted octanol–water partition coefficient (Wildman–Crippen LogP) is 4.47. The number of hydrogen-bond acceptors (Lipinski definition) is 5. The van der Waals surface area contributed by atoms with E-state index in [1.807, 2.05) is 33.8 Å². The highest BCUT2D eigenvalue weighted by molar-refractivity contribution is 5.99. The third-order valence-electron chi connectivity index (χ3n) is 5.48. The summed E-state index contributed by atoms with van der Waals surface area (Å²) in [7, 11) is 0. The molecule has 0 spiro atoms. The van der Waals surface area contributed by atoms with Gasteiger partial charge in [0.05, 0.1) is 23.6 Å². The van der Waals surface area contributed by atoms with E-state index in [4.69, 9.17) is 9.15 Å². The van der Waals surface area contributed by atoms with Gasteiger partial charge in [0.25, 0.3) is 5.91 Å². The van der Waals surface area contributed by atoms with E-state index in [-0.39, 0.29) is 22.8 Å². The molecule has 4 rings (SSSR count). The van der Waals surface area contributed by atoms with Crippen LogP contribution in [0.15, 0.2) is 39.5 Å². The number of nitrogens with zero attached hydrogens (tertiary/aromatic N) is 1. The molecule has 1 N–H and O–H groups in total. The largest absolute Gasteiger partial charge is 0.504 e. The molecule has 2 aromatic carbocycles. The van der Waals surface area contributed by atoms with Crippen LogP contribution in [0.5, 0.6) is 11.5 Å². The highest BCUT2D eigenvalue weighted by atomic mass is 16.5. The zero-order valence-corrected chi connectivity index (χ0v) is 17.6. The first-order valence-electron chi connectivity index (χ1n) is 10.2. The summed E-state index contributed by atoms with van der Waals surface area (Å²) in [6, 6.07) is 8.09. The first-order valence-corrected chi connectivity index (χ1v) is 10.2. The second kappa shape index (κ2) is 7.52. The Morgan fingerprint density at radius 3 is 2.60 bits per heavy atom. The van der Waals surface area contributed by atoms with E-state index in [1.54, 1.807) is 23.1 Å². The number of rotatable bonds is 5. The molecule has 0 aliphatic carbocycles. The molecule has 1 amide bonds. The fourth-order valence-electron chi connectivity index (χ4n) is 4.30. The molecule has 0 radical (unpaired) electrons. The number of ether oxygens (including phenoxy) is 1. The van der Waals surface area contributed by atoms with E-state index in [0.717, 1.165) is 17.5 Å². The van der Waals surface area contributed by atoms with Gasteiger partial charge in [0.2, 0.25) is 5.76 Å². The van der Waals surface area contributed by atoms with Crippen LogP contribution in [0.4, 0.5) is 0 Å². The van der Waals surface area contributed by atoms with Crippen molar-refractivity contribution in [3.05, 3.63) is 68.6 Å². The maximum Gasteiger partial charge on any atom is 0.290 e. The maximum absolute atomic E-state index is 13.6. The Hall–Kier alpha value is -3.28. The molecule has 1 aliphatic heterocycles. The average Bonchev–Trinajstić information content (AvgIpc) is 2.96. The van der Waals surface area contributed by atoms with Gasteiger partial charge in [-0.2, -0.15) is 0 Å². The number of aromatic hydroxyl groups is 1. The van der Waals surface area contributed by atoms with E-state index < -0.39 is 6.04 Å². The molecule has 1 atom stereocenters. The zero-order chi connectivity index (χ0) is 21.6. The van der Waals surface area contributed by atoms with Crippen LogP contribution < -0.4 is 10.2 Å². The number of phenolic OH excluding ortho intramolecular Hbond substituents is 1. The first kappa shape index (κ1) is 20.0.